The van der Waals surface area contributed by atoms with E-state index in [1.54, 1.807) is 47.9 Å². The van der Waals surface area contributed by atoms with Crippen molar-refractivity contribution in [3.8, 4) is 5.69 Å². The van der Waals surface area contributed by atoms with Crippen molar-refractivity contribution in [3.63, 3.8) is 0 Å². The summed E-state index contributed by atoms with van der Waals surface area (Å²) in [6.45, 7) is 6.20. The lowest BCUT2D eigenvalue weighted by Crippen LogP contribution is -2.58. The number of rotatable bonds is 6. The van der Waals surface area contributed by atoms with Crippen molar-refractivity contribution >= 4 is 23.7 Å². The number of benzene rings is 1. The molecule has 0 radical (unpaired) electrons. The van der Waals surface area contributed by atoms with Gasteiger partial charge in [0.2, 0.25) is 11.8 Å². The molecule has 4 amide bonds. The Bertz CT molecular complexity index is 1210. The molecule has 1 atom stereocenters. The maximum Gasteiger partial charge on any atom is 0.354 e. The second-order valence-electron chi connectivity index (χ2n) is 9.83. The maximum absolute atomic E-state index is 12.6. The van der Waals surface area contributed by atoms with Crippen molar-refractivity contribution in [1.82, 2.24) is 30.0 Å². The minimum absolute atomic E-state index is 0.0962. The first-order chi connectivity index (χ1) is 17.5. The topological polar surface area (TPSA) is 181 Å². The van der Waals surface area contributed by atoms with E-state index in [1.807, 2.05) is 0 Å². The Morgan fingerprint density at radius 2 is 1.68 bits per heavy atom. The lowest BCUT2D eigenvalue weighted by atomic mass is 10.1. The van der Waals surface area contributed by atoms with E-state index in [1.165, 1.54) is 16.8 Å². The number of carbonyl (C=O) groups excluding carboxylic acids is 3. The van der Waals surface area contributed by atoms with Crippen LogP contribution in [0.15, 0.2) is 41.3 Å². The number of carbonyl (C=O) groups is 3. The Morgan fingerprint density at radius 1 is 1.05 bits per heavy atom. The molecule has 37 heavy (non-hydrogen) atoms. The molecule has 2 fully saturated rings. The average Bonchev–Trinajstić information content (AvgIpc) is 2.85. The Hall–Kier alpha value is -3.81. The van der Waals surface area contributed by atoms with Gasteiger partial charge in [0, 0.05) is 45.5 Å². The molecule has 2 aliphatic rings. The second-order valence-corrected chi connectivity index (χ2v) is 9.83. The molecular formula is C24H33N9O4. The molecular weight excluding hydrogens is 478 g/mol. The van der Waals surface area contributed by atoms with Gasteiger partial charge in [-0.15, -0.1) is 0 Å². The lowest BCUT2D eigenvalue weighted by molar-refractivity contribution is -0.137. The summed E-state index contributed by atoms with van der Waals surface area (Å²) in [6, 6.07) is 7.14. The first kappa shape index (κ1) is 26.3. The van der Waals surface area contributed by atoms with E-state index in [-0.39, 0.29) is 23.7 Å². The van der Waals surface area contributed by atoms with Crippen LogP contribution in [-0.2, 0) is 9.59 Å². The smallest absolute Gasteiger partial charge is 0.349 e. The lowest BCUT2D eigenvalue weighted by Gasteiger charge is -2.37. The van der Waals surface area contributed by atoms with E-state index < -0.39 is 23.3 Å². The Morgan fingerprint density at radius 3 is 2.22 bits per heavy atom. The third-order valence-electron chi connectivity index (χ3n) is 6.38. The van der Waals surface area contributed by atoms with Gasteiger partial charge in [-0.05, 0) is 37.6 Å². The predicted octanol–water partition coefficient (Wildman–Crippen LogP) is -1.27. The molecule has 0 spiro atoms. The fourth-order valence-electron chi connectivity index (χ4n) is 4.05. The molecule has 1 unspecified atom stereocenters. The van der Waals surface area contributed by atoms with E-state index in [2.05, 4.69) is 20.9 Å². The first-order valence-corrected chi connectivity index (χ1v) is 12.1. The van der Waals surface area contributed by atoms with Gasteiger partial charge in [0.25, 0.3) is 0 Å². The maximum atomic E-state index is 12.6. The number of piperazine rings is 1. The third-order valence-corrected chi connectivity index (χ3v) is 6.38. The van der Waals surface area contributed by atoms with Crippen molar-refractivity contribution in [2.45, 2.75) is 31.5 Å². The van der Waals surface area contributed by atoms with Gasteiger partial charge in [0.15, 0.2) is 0 Å². The van der Waals surface area contributed by atoms with E-state index in [0.717, 1.165) is 13.1 Å². The number of nitrogens with zero attached hydrogens (tertiary/aromatic N) is 4. The monoisotopic (exact) mass is 511 g/mol. The molecule has 3 heterocycles. The van der Waals surface area contributed by atoms with E-state index in [9.17, 15) is 19.2 Å². The first-order valence-electron chi connectivity index (χ1n) is 12.1. The second kappa shape index (κ2) is 10.7. The quantitative estimate of drug-likeness (QED) is 0.318. The summed E-state index contributed by atoms with van der Waals surface area (Å²) in [6.07, 6.45) is 1.51. The van der Waals surface area contributed by atoms with E-state index in [0.29, 0.717) is 37.4 Å². The molecule has 2 aromatic rings. The van der Waals surface area contributed by atoms with Crippen molar-refractivity contribution in [2.24, 2.45) is 11.5 Å². The number of hydrogen-bond donors (Lipinski definition) is 5. The van der Waals surface area contributed by atoms with Crippen LogP contribution in [0.4, 0.5) is 10.6 Å². The zero-order valence-corrected chi connectivity index (χ0v) is 20.9. The predicted molar refractivity (Wildman–Crippen MR) is 137 cm³/mol. The molecule has 198 valence electrons. The van der Waals surface area contributed by atoms with Crippen LogP contribution in [0.25, 0.3) is 5.69 Å². The van der Waals surface area contributed by atoms with Gasteiger partial charge in [-0.1, -0.05) is 12.1 Å². The van der Waals surface area contributed by atoms with Gasteiger partial charge >= 0.3 is 11.7 Å². The van der Waals surface area contributed by atoms with Crippen LogP contribution in [0.1, 0.15) is 25.5 Å². The minimum Gasteiger partial charge on any atom is -0.349 e. The Labute approximate surface area is 214 Å². The zero-order valence-electron chi connectivity index (χ0n) is 20.9. The van der Waals surface area contributed by atoms with E-state index >= 15 is 0 Å². The normalized spacial score (nSPS) is 17.1. The summed E-state index contributed by atoms with van der Waals surface area (Å²) in [5.41, 5.74) is 11.6. The standard InChI is InChI=1S/C24H33N9O4/c1-24(2,26)21(35)31-9-11-32(12-10-31)22(36)29-18-7-8-33(23(37)30-18)17-5-3-15(4-6-17)19(25)20(34)28-16-13-27-14-16/h3-8,16,19,27H,9-14,25-26H2,1-2H3,(H,28,34)(H,29,30,36,37). The van der Waals surface area contributed by atoms with Crippen molar-refractivity contribution in [2.75, 3.05) is 44.6 Å². The molecule has 2 aliphatic heterocycles. The highest BCUT2D eigenvalue weighted by atomic mass is 16.2. The number of anilines is 1. The molecule has 7 N–H and O–H groups in total. The van der Waals surface area contributed by atoms with Gasteiger partial charge in [-0.3, -0.25) is 19.5 Å². The summed E-state index contributed by atoms with van der Waals surface area (Å²) in [4.78, 5) is 57.0. The number of nitrogens with two attached hydrogens (primary N) is 2. The van der Waals surface area contributed by atoms with Crippen molar-refractivity contribution < 1.29 is 14.4 Å². The third kappa shape index (κ3) is 6.13. The Balaban J connectivity index is 1.34. The van der Waals surface area contributed by atoms with Crippen molar-refractivity contribution in [1.29, 1.82) is 0 Å². The molecule has 13 heteroatoms. The van der Waals surface area contributed by atoms with Crippen LogP contribution in [-0.4, -0.2) is 88.0 Å². The molecule has 0 aliphatic carbocycles. The number of amides is 4. The molecule has 13 nitrogen and oxygen atoms in total. The van der Waals surface area contributed by atoms with Crippen LogP contribution < -0.4 is 33.1 Å². The molecule has 0 saturated carbocycles. The van der Waals surface area contributed by atoms with Crippen LogP contribution in [0.2, 0.25) is 0 Å². The van der Waals surface area contributed by atoms with E-state index in [4.69, 9.17) is 11.5 Å². The van der Waals surface area contributed by atoms with Crippen LogP contribution in [0.5, 0.6) is 0 Å². The molecule has 1 aromatic heterocycles. The van der Waals surface area contributed by atoms with Gasteiger partial charge in [0.05, 0.1) is 17.3 Å². The van der Waals surface area contributed by atoms with Crippen LogP contribution in [0, 0.1) is 0 Å². The van der Waals surface area contributed by atoms with Crippen molar-refractivity contribution in [3.05, 3.63) is 52.6 Å². The zero-order chi connectivity index (χ0) is 26.7. The summed E-state index contributed by atoms with van der Waals surface area (Å²) < 4.78 is 1.32. The number of aromatic nitrogens is 2. The fourth-order valence-corrected chi connectivity index (χ4v) is 4.05. The highest BCUT2D eigenvalue weighted by Crippen LogP contribution is 2.15. The minimum atomic E-state index is -0.966. The van der Waals surface area contributed by atoms with Gasteiger partial charge in [-0.2, -0.15) is 4.98 Å². The molecule has 0 bridgehead atoms. The summed E-state index contributed by atoms with van der Waals surface area (Å²) in [7, 11) is 0. The van der Waals surface area contributed by atoms with Gasteiger partial charge < -0.3 is 31.9 Å². The fraction of sp³-hybridized carbons (Fsp3) is 0.458. The highest BCUT2D eigenvalue weighted by Gasteiger charge is 2.31. The number of hydrogen-bond acceptors (Lipinski definition) is 8. The summed E-state index contributed by atoms with van der Waals surface area (Å²) in [5.74, 6) is -0.301. The summed E-state index contributed by atoms with van der Waals surface area (Å²) in [5, 5.41) is 8.59. The SMILES string of the molecule is CC(C)(N)C(=O)N1CCN(C(=O)Nc2ccn(-c3ccc(C(N)C(=O)NC4CNC4)cc3)c(=O)n2)CC1. The van der Waals surface area contributed by atoms with Gasteiger partial charge in [-0.25, -0.2) is 9.59 Å². The molecule has 2 saturated heterocycles. The average molecular weight is 512 g/mol. The number of urea groups is 1. The van der Waals surface area contributed by atoms with Crippen LogP contribution in [0.3, 0.4) is 0 Å². The highest BCUT2D eigenvalue weighted by molar-refractivity contribution is 5.89. The largest absolute Gasteiger partial charge is 0.354 e. The molecule has 1 aromatic carbocycles. The Kier molecular flexibility index (Phi) is 7.57. The number of nitrogens with one attached hydrogen (secondary N) is 3. The van der Waals surface area contributed by atoms with Crippen LogP contribution >= 0.6 is 0 Å². The summed E-state index contributed by atoms with van der Waals surface area (Å²) >= 11 is 0. The molecule has 4 rings (SSSR count). The van der Waals surface area contributed by atoms with Gasteiger partial charge in [0.1, 0.15) is 11.9 Å².